The Kier molecular flexibility index (Phi) is 5.40. The Labute approximate surface area is 132 Å². The topological polar surface area (TPSA) is 49.3 Å². The summed E-state index contributed by atoms with van der Waals surface area (Å²) >= 11 is 7.25. The number of carbonyl (C=O) groups is 1. The van der Waals surface area contributed by atoms with Crippen molar-refractivity contribution >= 4 is 28.8 Å². The zero-order valence-corrected chi connectivity index (χ0v) is 13.0. The van der Waals surface area contributed by atoms with Crippen LogP contribution < -0.4 is 5.32 Å². The van der Waals surface area contributed by atoms with E-state index < -0.39 is 0 Å². The highest BCUT2D eigenvalue weighted by atomic mass is 35.5. The number of aliphatic hydroxyl groups is 1. The van der Waals surface area contributed by atoms with Gasteiger partial charge < -0.3 is 10.4 Å². The predicted molar refractivity (Wildman–Crippen MR) is 85.6 cm³/mol. The molecule has 0 saturated heterocycles. The van der Waals surface area contributed by atoms with E-state index in [4.69, 9.17) is 16.7 Å². The van der Waals surface area contributed by atoms with Crippen LogP contribution in [0.2, 0.25) is 5.02 Å². The van der Waals surface area contributed by atoms with Gasteiger partial charge in [-0.2, -0.15) is 0 Å². The highest BCUT2D eigenvalue weighted by Gasteiger charge is 2.13. The molecular formula is C16H14ClNO2S. The number of amides is 1. The zero-order valence-electron chi connectivity index (χ0n) is 11.4. The smallest absolute Gasteiger partial charge is 0.261 e. The summed E-state index contributed by atoms with van der Waals surface area (Å²) in [4.78, 5) is 13.5. The lowest BCUT2D eigenvalue weighted by Crippen LogP contribution is -2.25. The number of carbonyl (C=O) groups excluding carboxylic acids is 1. The first kappa shape index (κ1) is 15.6. The highest BCUT2D eigenvalue weighted by molar-refractivity contribution is 7.14. The van der Waals surface area contributed by atoms with Crippen molar-refractivity contribution in [2.75, 3.05) is 6.61 Å². The van der Waals surface area contributed by atoms with Gasteiger partial charge in [0, 0.05) is 5.02 Å². The van der Waals surface area contributed by atoms with Crippen LogP contribution in [0.15, 0.2) is 36.4 Å². The van der Waals surface area contributed by atoms with Gasteiger partial charge in [0.25, 0.3) is 5.91 Å². The number of rotatable bonds is 3. The minimum absolute atomic E-state index is 0.134. The van der Waals surface area contributed by atoms with Gasteiger partial charge >= 0.3 is 0 Å². The molecule has 0 radical (unpaired) electrons. The van der Waals surface area contributed by atoms with Crippen molar-refractivity contribution in [3.05, 3.63) is 56.7 Å². The molecule has 2 rings (SSSR count). The minimum Gasteiger partial charge on any atom is -0.384 e. The lowest BCUT2D eigenvalue weighted by molar-refractivity contribution is 0.0944. The van der Waals surface area contributed by atoms with Crippen molar-refractivity contribution in [3.8, 4) is 11.8 Å². The lowest BCUT2D eigenvalue weighted by Gasteiger charge is -2.13. The Bertz CT molecular complexity index is 700. The molecule has 2 N–H and O–H groups in total. The largest absolute Gasteiger partial charge is 0.384 e. The van der Waals surface area contributed by atoms with E-state index in [1.54, 1.807) is 18.2 Å². The first-order valence-corrected chi connectivity index (χ1v) is 7.55. The van der Waals surface area contributed by atoms with Crippen LogP contribution in [0.1, 0.15) is 33.1 Å². The SMILES string of the molecule is CC(NC(=O)c1ccc(C#CCO)s1)c1cccc(Cl)c1. The van der Waals surface area contributed by atoms with Crippen LogP contribution in [0, 0.1) is 11.8 Å². The van der Waals surface area contributed by atoms with Gasteiger partial charge in [0.2, 0.25) is 0 Å². The van der Waals surface area contributed by atoms with Crippen LogP contribution in [0.4, 0.5) is 0 Å². The normalized spacial score (nSPS) is 11.4. The van der Waals surface area contributed by atoms with Gasteiger partial charge in [-0.1, -0.05) is 35.6 Å². The lowest BCUT2D eigenvalue weighted by atomic mass is 10.1. The standard InChI is InChI=1S/C16H14ClNO2S/c1-11(12-4-2-5-13(17)10-12)18-16(20)15-8-7-14(21-15)6-3-9-19/h2,4-5,7-8,10-11,19H,9H2,1H3,(H,18,20). The maximum Gasteiger partial charge on any atom is 0.261 e. The number of halogens is 1. The molecule has 1 amide bonds. The average molecular weight is 320 g/mol. The minimum atomic E-state index is -0.189. The second-order valence-corrected chi connectivity index (χ2v) is 5.89. The van der Waals surface area contributed by atoms with E-state index in [0.29, 0.717) is 9.90 Å². The molecule has 0 saturated carbocycles. The maximum atomic E-state index is 12.2. The molecule has 1 heterocycles. The van der Waals surface area contributed by atoms with Crippen LogP contribution in [0.3, 0.4) is 0 Å². The van der Waals surface area contributed by atoms with Crippen LogP contribution in [-0.4, -0.2) is 17.6 Å². The van der Waals surface area contributed by atoms with E-state index in [9.17, 15) is 4.79 Å². The number of benzene rings is 1. The molecule has 2 aromatic rings. The zero-order chi connectivity index (χ0) is 15.2. The predicted octanol–water partition coefficient (Wildman–Crippen LogP) is 3.24. The van der Waals surface area contributed by atoms with Crippen molar-refractivity contribution in [1.82, 2.24) is 5.32 Å². The van der Waals surface area contributed by atoms with Crippen molar-refractivity contribution in [2.24, 2.45) is 0 Å². The molecule has 0 aliphatic rings. The summed E-state index contributed by atoms with van der Waals surface area (Å²) in [6.07, 6.45) is 0. The third-order valence-electron chi connectivity index (χ3n) is 2.82. The van der Waals surface area contributed by atoms with Crippen LogP contribution >= 0.6 is 22.9 Å². The Hall–Kier alpha value is -1.80. The van der Waals surface area contributed by atoms with Gasteiger partial charge in [0.05, 0.1) is 15.8 Å². The monoisotopic (exact) mass is 319 g/mol. The summed E-state index contributed by atoms with van der Waals surface area (Å²) in [5.41, 5.74) is 0.952. The number of aliphatic hydroxyl groups excluding tert-OH is 1. The molecule has 5 heteroatoms. The number of hydrogen-bond acceptors (Lipinski definition) is 3. The summed E-state index contributed by atoms with van der Waals surface area (Å²) in [5, 5.41) is 12.2. The van der Waals surface area contributed by atoms with Crippen molar-refractivity contribution < 1.29 is 9.90 Å². The molecule has 0 aliphatic heterocycles. The molecule has 1 unspecified atom stereocenters. The third kappa shape index (κ3) is 4.33. The second-order valence-electron chi connectivity index (χ2n) is 4.37. The Morgan fingerprint density at radius 1 is 1.43 bits per heavy atom. The summed E-state index contributed by atoms with van der Waals surface area (Å²) in [7, 11) is 0. The fourth-order valence-electron chi connectivity index (χ4n) is 1.78. The number of hydrogen-bond donors (Lipinski definition) is 2. The van der Waals surface area contributed by atoms with E-state index in [-0.39, 0.29) is 18.6 Å². The number of nitrogens with one attached hydrogen (secondary N) is 1. The Morgan fingerprint density at radius 2 is 2.24 bits per heavy atom. The van der Waals surface area contributed by atoms with Gasteiger partial charge in [0.15, 0.2) is 0 Å². The van der Waals surface area contributed by atoms with Crippen LogP contribution in [0.25, 0.3) is 0 Å². The summed E-state index contributed by atoms with van der Waals surface area (Å²) < 4.78 is 0. The number of thiophene rings is 1. The summed E-state index contributed by atoms with van der Waals surface area (Å²) in [6, 6.07) is 10.8. The Morgan fingerprint density at radius 3 is 2.95 bits per heavy atom. The van der Waals surface area contributed by atoms with Gasteiger partial charge in [-0.3, -0.25) is 4.79 Å². The second kappa shape index (κ2) is 7.28. The van der Waals surface area contributed by atoms with Crippen molar-refractivity contribution in [1.29, 1.82) is 0 Å². The van der Waals surface area contributed by atoms with Gasteiger partial charge in [-0.15, -0.1) is 11.3 Å². The van der Waals surface area contributed by atoms with Crippen molar-refractivity contribution in [2.45, 2.75) is 13.0 Å². The summed E-state index contributed by atoms with van der Waals surface area (Å²) in [6.45, 7) is 1.72. The quantitative estimate of drug-likeness (QED) is 0.853. The Balaban J connectivity index is 2.05. The molecule has 0 aliphatic carbocycles. The van der Waals surface area contributed by atoms with Gasteiger partial charge in [0.1, 0.15) is 6.61 Å². The first-order chi connectivity index (χ1) is 10.1. The van der Waals surface area contributed by atoms with Crippen molar-refractivity contribution in [3.63, 3.8) is 0 Å². The molecular weight excluding hydrogens is 306 g/mol. The highest BCUT2D eigenvalue weighted by Crippen LogP contribution is 2.20. The van der Waals surface area contributed by atoms with E-state index >= 15 is 0 Å². The third-order valence-corrected chi connectivity index (χ3v) is 4.05. The fraction of sp³-hybridized carbons (Fsp3) is 0.188. The molecule has 1 aromatic heterocycles. The van der Waals surface area contributed by atoms with E-state index in [1.165, 1.54) is 11.3 Å². The molecule has 1 atom stereocenters. The molecule has 1 aromatic carbocycles. The van der Waals surface area contributed by atoms with Gasteiger partial charge in [-0.05, 0) is 36.8 Å². The molecule has 0 fully saturated rings. The molecule has 0 spiro atoms. The first-order valence-electron chi connectivity index (χ1n) is 6.36. The molecule has 108 valence electrons. The van der Waals surface area contributed by atoms with Gasteiger partial charge in [-0.25, -0.2) is 0 Å². The maximum absolute atomic E-state index is 12.2. The average Bonchev–Trinajstić information content (AvgIpc) is 2.94. The summed E-state index contributed by atoms with van der Waals surface area (Å²) in [5.74, 6) is 5.19. The van der Waals surface area contributed by atoms with E-state index in [2.05, 4.69) is 17.2 Å². The molecule has 0 bridgehead atoms. The van der Waals surface area contributed by atoms with Crippen LogP contribution in [-0.2, 0) is 0 Å². The van der Waals surface area contributed by atoms with E-state index in [0.717, 1.165) is 10.4 Å². The van der Waals surface area contributed by atoms with Crippen LogP contribution in [0.5, 0.6) is 0 Å². The van der Waals surface area contributed by atoms with E-state index in [1.807, 2.05) is 25.1 Å². The molecule has 21 heavy (non-hydrogen) atoms. The molecule has 3 nitrogen and oxygen atoms in total. The fourth-order valence-corrected chi connectivity index (χ4v) is 2.76.